The van der Waals surface area contributed by atoms with Crippen LogP contribution < -0.4 is 33.2 Å². The van der Waals surface area contributed by atoms with Crippen LogP contribution in [0.3, 0.4) is 0 Å². The lowest BCUT2D eigenvalue weighted by Crippen LogP contribution is -2.58. The summed E-state index contributed by atoms with van der Waals surface area (Å²) >= 11 is 1.53. The van der Waals surface area contributed by atoms with Crippen LogP contribution in [0.2, 0.25) is 0 Å². The molecule has 0 saturated carbocycles. The first-order valence-electron chi connectivity index (χ1n) is 12.4. The summed E-state index contributed by atoms with van der Waals surface area (Å²) in [5, 5.41) is 17.5. The monoisotopic (exact) mass is 518 g/mol. The van der Waals surface area contributed by atoms with Gasteiger partial charge in [0.1, 0.15) is 18.1 Å². The smallest absolute Gasteiger partial charge is 0.326 e. The number of amides is 3. The summed E-state index contributed by atoms with van der Waals surface area (Å²) in [6.45, 7) is 4.63. The number of carbonyl (C=O) groups is 4. The van der Waals surface area contributed by atoms with Crippen LogP contribution in [0, 0.1) is 5.92 Å². The molecule has 0 heterocycles. The van der Waals surface area contributed by atoms with Crippen molar-refractivity contribution in [2.75, 3.05) is 25.1 Å². The van der Waals surface area contributed by atoms with E-state index in [1.54, 1.807) is 6.92 Å². The largest absolute Gasteiger partial charge is 0.480 e. The zero-order valence-corrected chi connectivity index (χ0v) is 22.2. The fourth-order valence-electron chi connectivity index (χ4n) is 3.39. The number of carboxylic acids is 1. The summed E-state index contributed by atoms with van der Waals surface area (Å²) in [6.07, 6.45) is 6.20. The molecule has 0 radical (unpaired) electrons. The number of thioether (sulfide) groups is 1. The van der Waals surface area contributed by atoms with Gasteiger partial charge in [-0.1, -0.05) is 26.7 Å². The van der Waals surface area contributed by atoms with Crippen molar-refractivity contribution < 1.29 is 24.3 Å². The third kappa shape index (κ3) is 13.7. The molecule has 0 aromatic carbocycles. The Morgan fingerprint density at radius 1 is 0.829 bits per heavy atom. The predicted octanol–water partition coefficient (Wildman–Crippen LogP) is -0.0901. The van der Waals surface area contributed by atoms with Crippen molar-refractivity contribution in [3.05, 3.63) is 0 Å². The second-order valence-corrected chi connectivity index (χ2v) is 9.77. The van der Waals surface area contributed by atoms with Crippen LogP contribution in [0.15, 0.2) is 0 Å². The molecule has 0 aromatic heterocycles. The summed E-state index contributed by atoms with van der Waals surface area (Å²) in [6, 6.07) is -3.65. The number of hydrogen-bond donors (Lipinski definition) is 7. The predicted molar refractivity (Wildman–Crippen MR) is 140 cm³/mol. The van der Waals surface area contributed by atoms with Gasteiger partial charge in [0.05, 0.1) is 6.04 Å². The standard InChI is InChI=1S/C23H46N6O5S/c1-4-15(2)19(22(32)28-18(23(33)34)10-6-8-13-25)29-21(31)17(11-14-35-3)27-20(30)16(26)9-5-7-12-24/h15-19H,4-14,24-26H2,1-3H3,(H,27,30)(H,28,32)(H,29,31)(H,33,34). The molecular weight excluding hydrogens is 472 g/mol. The van der Waals surface area contributed by atoms with Gasteiger partial charge in [-0.2, -0.15) is 11.8 Å². The molecule has 12 heteroatoms. The van der Waals surface area contributed by atoms with Crippen LogP contribution in [0.1, 0.15) is 65.2 Å². The molecule has 3 amide bonds. The van der Waals surface area contributed by atoms with Crippen molar-refractivity contribution in [1.29, 1.82) is 0 Å². The van der Waals surface area contributed by atoms with Crippen LogP contribution >= 0.6 is 11.8 Å². The normalized spacial score (nSPS) is 15.4. The summed E-state index contributed by atoms with van der Waals surface area (Å²) < 4.78 is 0. The Morgan fingerprint density at radius 3 is 1.91 bits per heavy atom. The molecule has 5 atom stereocenters. The molecule has 35 heavy (non-hydrogen) atoms. The summed E-state index contributed by atoms with van der Waals surface area (Å²) in [4.78, 5) is 50.3. The minimum atomic E-state index is -1.14. The molecule has 0 fully saturated rings. The highest BCUT2D eigenvalue weighted by Crippen LogP contribution is 2.11. The summed E-state index contributed by atoms with van der Waals surface area (Å²) in [7, 11) is 0. The zero-order chi connectivity index (χ0) is 26.8. The number of hydrogen-bond acceptors (Lipinski definition) is 8. The van der Waals surface area contributed by atoms with Gasteiger partial charge in [-0.15, -0.1) is 0 Å². The van der Waals surface area contributed by atoms with Crippen molar-refractivity contribution in [3.8, 4) is 0 Å². The second-order valence-electron chi connectivity index (χ2n) is 8.79. The highest BCUT2D eigenvalue weighted by molar-refractivity contribution is 7.98. The summed E-state index contributed by atoms with van der Waals surface area (Å²) in [5.74, 6) is -2.29. The molecule has 10 N–H and O–H groups in total. The minimum absolute atomic E-state index is 0.244. The number of nitrogens with one attached hydrogen (secondary N) is 3. The number of rotatable bonds is 20. The van der Waals surface area contributed by atoms with Gasteiger partial charge in [0.25, 0.3) is 0 Å². The van der Waals surface area contributed by atoms with E-state index in [1.807, 2.05) is 13.2 Å². The Kier molecular flexibility index (Phi) is 18.3. The Bertz CT molecular complexity index is 654. The van der Waals surface area contributed by atoms with Gasteiger partial charge in [0.2, 0.25) is 17.7 Å². The van der Waals surface area contributed by atoms with Crippen molar-refractivity contribution in [2.45, 2.75) is 89.4 Å². The molecule has 0 rings (SSSR count). The highest BCUT2D eigenvalue weighted by atomic mass is 32.2. The van der Waals surface area contributed by atoms with E-state index in [0.29, 0.717) is 57.4 Å². The topological polar surface area (TPSA) is 203 Å². The lowest BCUT2D eigenvalue weighted by atomic mass is 9.97. The molecule has 5 unspecified atom stereocenters. The van der Waals surface area contributed by atoms with Gasteiger partial charge in [0, 0.05) is 0 Å². The fraction of sp³-hybridized carbons (Fsp3) is 0.826. The molecule has 0 aliphatic rings. The fourth-order valence-corrected chi connectivity index (χ4v) is 3.86. The van der Waals surface area contributed by atoms with E-state index < -0.39 is 47.9 Å². The van der Waals surface area contributed by atoms with Crippen LogP contribution in [0.25, 0.3) is 0 Å². The van der Waals surface area contributed by atoms with Crippen LogP contribution in [0.4, 0.5) is 0 Å². The summed E-state index contributed by atoms with van der Waals surface area (Å²) in [5.41, 5.74) is 16.9. The molecule has 204 valence electrons. The van der Waals surface area contributed by atoms with E-state index in [1.165, 1.54) is 11.8 Å². The average molecular weight is 519 g/mol. The number of aliphatic carboxylic acids is 1. The minimum Gasteiger partial charge on any atom is -0.480 e. The van der Waals surface area contributed by atoms with Gasteiger partial charge in [-0.25, -0.2) is 4.79 Å². The Balaban J connectivity index is 5.39. The van der Waals surface area contributed by atoms with Gasteiger partial charge in [0.15, 0.2) is 0 Å². The Morgan fingerprint density at radius 2 is 1.40 bits per heavy atom. The van der Waals surface area contributed by atoms with E-state index in [4.69, 9.17) is 17.2 Å². The maximum absolute atomic E-state index is 13.1. The lowest BCUT2D eigenvalue weighted by molar-refractivity contribution is -0.143. The van der Waals surface area contributed by atoms with Crippen LogP contribution in [-0.4, -0.2) is 78.1 Å². The van der Waals surface area contributed by atoms with Crippen molar-refractivity contribution in [1.82, 2.24) is 16.0 Å². The number of nitrogens with two attached hydrogens (primary N) is 3. The number of carboxylic acid groups (broad SMARTS) is 1. The number of carbonyl (C=O) groups excluding carboxylic acids is 3. The molecular formula is C23H46N6O5S. The third-order valence-corrected chi connectivity index (χ3v) is 6.55. The first-order chi connectivity index (χ1) is 16.6. The van der Waals surface area contributed by atoms with Gasteiger partial charge in [-0.05, 0) is 69.5 Å². The molecule has 0 aromatic rings. The Hall–Kier alpha value is -1.89. The van der Waals surface area contributed by atoms with E-state index >= 15 is 0 Å². The quantitative estimate of drug-likeness (QED) is 0.107. The van der Waals surface area contributed by atoms with Crippen molar-refractivity contribution in [3.63, 3.8) is 0 Å². The third-order valence-electron chi connectivity index (χ3n) is 5.90. The first kappa shape index (κ1) is 33.1. The first-order valence-corrected chi connectivity index (χ1v) is 13.8. The number of unbranched alkanes of at least 4 members (excludes halogenated alkanes) is 2. The van der Waals surface area contributed by atoms with Crippen LogP contribution in [0.5, 0.6) is 0 Å². The molecule has 0 bridgehead atoms. The molecule has 0 saturated heterocycles. The van der Waals surface area contributed by atoms with E-state index in [0.717, 1.165) is 6.42 Å². The lowest BCUT2D eigenvalue weighted by Gasteiger charge is -2.28. The van der Waals surface area contributed by atoms with E-state index in [-0.39, 0.29) is 12.3 Å². The van der Waals surface area contributed by atoms with Gasteiger partial charge < -0.3 is 38.3 Å². The maximum atomic E-state index is 13.1. The molecule has 0 spiro atoms. The van der Waals surface area contributed by atoms with Gasteiger partial charge in [-0.3, -0.25) is 14.4 Å². The molecule has 0 aliphatic heterocycles. The SMILES string of the molecule is CCC(C)C(NC(=O)C(CCSC)NC(=O)C(N)CCCCN)C(=O)NC(CCCCN)C(=O)O. The molecule has 0 aliphatic carbocycles. The van der Waals surface area contributed by atoms with Crippen molar-refractivity contribution >= 4 is 35.5 Å². The maximum Gasteiger partial charge on any atom is 0.326 e. The Labute approximate surface area is 213 Å². The second kappa shape index (κ2) is 19.3. The highest BCUT2D eigenvalue weighted by Gasteiger charge is 2.32. The van der Waals surface area contributed by atoms with Crippen molar-refractivity contribution in [2.24, 2.45) is 23.1 Å². The molecule has 11 nitrogen and oxygen atoms in total. The van der Waals surface area contributed by atoms with E-state index in [9.17, 15) is 24.3 Å². The van der Waals surface area contributed by atoms with Crippen LogP contribution in [-0.2, 0) is 19.2 Å². The van der Waals surface area contributed by atoms with E-state index in [2.05, 4.69) is 16.0 Å². The average Bonchev–Trinajstić information content (AvgIpc) is 2.83. The zero-order valence-electron chi connectivity index (χ0n) is 21.4. The van der Waals surface area contributed by atoms with Gasteiger partial charge >= 0.3 is 5.97 Å².